The Balaban J connectivity index is 0.000000204. The smallest absolute Gasteiger partial charge is 0.420 e. The average molecular weight is 452 g/mol. The van der Waals surface area contributed by atoms with E-state index < -0.39 is 12.1 Å². The lowest BCUT2D eigenvalue weighted by molar-refractivity contribution is -0.189. The third-order valence-corrected chi connectivity index (χ3v) is 5.14. The van der Waals surface area contributed by atoms with Crippen molar-refractivity contribution >= 4 is 17.7 Å². The molecule has 0 bridgehead atoms. The molecule has 0 heterocycles. The normalized spacial score (nSPS) is 10.6. The maximum absolute atomic E-state index is 12.0. The molecule has 4 aromatic rings. The minimum Gasteiger partial charge on any atom is -0.420 e. The molecule has 0 aliphatic rings. The number of rotatable bonds is 4. The molecule has 0 spiro atoms. The van der Waals surface area contributed by atoms with Gasteiger partial charge in [-0.15, -0.1) is 0 Å². The van der Waals surface area contributed by atoms with Crippen molar-refractivity contribution in [3.8, 4) is 16.9 Å². The summed E-state index contributed by atoms with van der Waals surface area (Å²) < 4.78 is 40.3. The Bertz CT molecular complexity index is 1060. The van der Waals surface area contributed by atoms with Crippen LogP contribution in [0.5, 0.6) is 5.75 Å². The van der Waals surface area contributed by atoms with Gasteiger partial charge in [-0.25, -0.2) is 4.79 Å². The molecule has 0 N–H and O–H groups in total. The maximum atomic E-state index is 12.0. The lowest BCUT2D eigenvalue weighted by Crippen LogP contribution is -2.27. The number of carbonyl (C=O) groups is 1. The van der Waals surface area contributed by atoms with E-state index in [9.17, 15) is 18.0 Å². The zero-order valence-electron chi connectivity index (χ0n) is 16.8. The fourth-order valence-electron chi connectivity index (χ4n) is 2.63. The van der Waals surface area contributed by atoms with E-state index in [0.29, 0.717) is 0 Å². The number of hydrogen-bond acceptors (Lipinski definition) is 3. The van der Waals surface area contributed by atoms with E-state index in [1.165, 1.54) is 35.0 Å². The van der Waals surface area contributed by atoms with Gasteiger partial charge in [0.05, 0.1) is 0 Å². The van der Waals surface area contributed by atoms with Crippen LogP contribution >= 0.6 is 11.8 Å². The summed E-state index contributed by atoms with van der Waals surface area (Å²) >= 11 is 1.46. The van der Waals surface area contributed by atoms with Crippen molar-refractivity contribution in [3.63, 3.8) is 0 Å². The van der Waals surface area contributed by atoms with E-state index in [4.69, 9.17) is 0 Å². The van der Waals surface area contributed by atoms with Crippen molar-refractivity contribution in [3.05, 3.63) is 115 Å². The highest BCUT2D eigenvalue weighted by Crippen LogP contribution is 2.29. The Morgan fingerprint density at radius 2 is 1.00 bits per heavy atom. The molecule has 0 aliphatic carbocycles. The highest BCUT2D eigenvalue weighted by molar-refractivity contribution is 7.99. The summed E-state index contributed by atoms with van der Waals surface area (Å²) in [5.74, 6) is -2.36. The van der Waals surface area contributed by atoms with Gasteiger partial charge in [0.15, 0.2) is 0 Å². The minimum absolute atomic E-state index is 0.135. The highest BCUT2D eigenvalue weighted by Gasteiger charge is 2.41. The van der Waals surface area contributed by atoms with Crippen LogP contribution in [0.15, 0.2) is 125 Å². The molecule has 6 heteroatoms. The number of alkyl halides is 3. The molecular weight excluding hydrogens is 433 g/mol. The molecule has 0 saturated carbocycles. The van der Waals surface area contributed by atoms with Gasteiger partial charge in [0.1, 0.15) is 5.75 Å². The average Bonchev–Trinajstić information content (AvgIpc) is 2.82. The summed E-state index contributed by atoms with van der Waals surface area (Å²) in [5, 5.41) is 0. The lowest BCUT2D eigenvalue weighted by atomic mass is 10.1. The molecule has 0 radical (unpaired) electrons. The van der Waals surface area contributed by atoms with Crippen LogP contribution in [0.25, 0.3) is 11.1 Å². The van der Waals surface area contributed by atoms with Gasteiger partial charge in [-0.2, -0.15) is 13.2 Å². The second-order valence-corrected chi connectivity index (χ2v) is 7.65. The maximum Gasteiger partial charge on any atom is 0.491 e. The van der Waals surface area contributed by atoms with Gasteiger partial charge in [0.25, 0.3) is 0 Å². The summed E-state index contributed by atoms with van der Waals surface area (Å²) in [4.78, 5) is 12.5. The van der Waals surface area contributed by atoms with Crippen LogP contribution in [0, 0.1) is 0 Å². The third kappa shape index (κ3) is 7.32. The molecule has 4 rings (SSSR count). The van der Waals surface area contributed by atoms with Crippen LogP contribution in [0.3, 0.4) is 0 Å². The molecule has 32 heavy (non-hydrogen) atoms. The summed E-state index contributed by atoms with van der Waals surface area (Å²) in [6, 6.07) is 36.1. The fraction of sp³-hybridized carbons (Fsp3) is 0.0385. The van der Waals surface area contributed by atoms with Crippen molar-refractivity contribution in [2.75, 3.05) is 0 Å². The predicted molar refractivity (Wildman–Crippen MR) is 121 cm³/mol. The van der Waals surface area contributed by atoms with Crippen LogP contribution in [-0.4, -0.2) is 12.1 Å². The minimum atomic E-state index is -4.99. The molecule has 0 amide bonds. The second kappa shape index (κ2) is 11.2. The van der Waals surface area contributed by atoms with E-state index in [2.05, 4.69) is 53.3 Å². The Hall–Kier alpha value is -3.51. The standard InChI is InChI=1S/C14H9F3O2S.C12H10/c15-14(16,17)13(18)19-10-6-8-12(9-7-10)20-11-4-2-1-3-5-11;1-3-7-11(8-4-1)12-9-5-2-6-10-12/h1-9H;1-10H. The Labute approximate surface area is 188 Å². The van der Waals surface area contributed by atoms with E-state index in [1.807, 2.05) is 42.5 Å². The van der Waals surface area contributed by atoms with Crippen molar-refractivity contribution in [2.45, 2.75) is 16.0 Å². The van der Waals surface area contributed by atoms with Gasteiger partial charge >= 0.3 is 12.1 Å². The van der Waals surface area contributed by atoms with E-state index in [1.54, 1.807) is 12.1 Å². The van der Waals surface area contributed by atoms with Gasteiger partial charge in [-0.3, -0.25) is 0 Å². The zero-order valence-corrected chi connectivity index (χ0v) is 17.6. The number of benzene rings is 4. The Kier molecular flexibility index (Phi) is 8.11. The van der Waals surface area contributed by atoms with E-state index >= 15 is 0 Å². The van der Waals surface area contributed by atoms with Crippen molar-refractivity contribution in [1.29, 1.82) is 0 Å². The van der Waals surface area contributed by atoms with Crippen molar-refractivity contribution in [1.82, 2.24) is 0 Å². The first-order valence-corrected chi connectivity index (χ1v) is 10.5. The number of esters is 1. The molecule has 0 atom stereocenters. The van der Waals surface area contributed by atoms with Crippen LogP contribution < -0.4 is 4.74 Å². The molecule has 0 aliphatic heterocycles. The van der Waals surface area contributed by atoms with Crippen molar-refractivity contribution in [2.24, 2.45) is 0 Å². The lowest BCUT2D eigenvalue weighted by Gasteiger charge is -2.07. The first-order valence-electron chi connectivity index (χ1n) is 9.64. The Morgan fingerprint density at radius 1 is 0.594 bits per heavy atom. The topological polar surface area (TPSA) is 26.3 Å². The molecule has 0 fully saturated rings. The van der Waals surface area contributed by atoms with E-state index in [0.717, 1.165) is 9.79 Å². The monoisotopic (exact) mass is 452 g/mol. The first-order chi connectivity index (χ1) is 15.4. The SMILES string of the molecule is O=C(Oc1ccc(Sc2ccccc2)cc1)C(F)(F)F.c1ccc(-c2ccccc2)cc1. The zero-order chi connectivity index (χ0) is 22.8. The molecular formula is C26H19F3O2S. The van der Waals surface area contributed by atoms with Gasteiger partial charge in [0, 0.05) is 9.79 Å². The number of ether oxygens (including phenoxy) is 1. The Morgan fingerprint density at radius 3 is 1.44 bits per heavy atom. The van der Waals surface area contributed by atoms with Crippen molar-refractivity contribution < 1.29 is 22.7 Å². The van der Waals surface area contributed by atoms with Crippen LogP contribution in [0.4, 0.5) is 13.2 Å². The van der Waals surface area contributed by atoms with Gasteiger partial charge in [0.2, 0.25) is 0 Å². The molecule has 162 valence electrons. The fourth-order valence-corrected chi connectivity index (χ4v) is 3.46. The number of hydrogen-bond donors (Lipinski definition) is 0. The number of halogens is 3. The first kappa shape index (κ1) is 23.2. The van der Waals surface area contributed by atoms with Gasteiger partial charge in [-0.05, 0) is 47.5 Å². The van der Waals surface area contributed by atoms with Gasteiger partial charge in [-0.1, -0.05) is 90.6 Å². The van der Waals surface area contributed by atoms with Crippen LogP contribution in [0.2, 0.25) is 0 Å². The van der Waals surface area contributed by atoms with Crippen LogP contribution in [-0.2, 0) is 4.79 Å². The summed E-state index contributed by atoms with van der Waals surface area (Å²) in [6.45, 7) is 0. The molecule has 2 nitrogen and oxygen atoms in total. The van der Waals surface area contributed by atoms with E-state index in [-0.39, 0.29) is 5.75 Å². The second-order valence-electron chi connectivity index (χ2n) is 6.51. The highest BCUT2D eigenvalue weighted by atomic mass is 32.2. The quantitative estimate of drug-likeness (QED) is 0.235. The molecule has 4 aromatic carbocycles. The number of carbonyl (C=O) groups excluding carboxylic acids is 1. The summed E-state index contributed by atoms with van der Waals surface area (Å²) in [6.07, 6.45) is -4.99. The summed E-state index contributed by atoms with van der Waals surface area (Å²) in [5.41, 5.74) is 2.55. The summed E-state index contributed by atoms with van der Waals surface area (Å²) in [7, 11) is 0. The van der Waals surface area contributed by atoms with Gasteiger partial charge < -0.3 is 4.74 Å². The third-order valence-electron chi connectivity index (χ3n) is 4.13. The molecule has 0 unspecified atom stereocenters. The van der Waals surface area contributed by atoms with Crippen LogP contribution in [0.1, 0.15) is 0 Å². The predicted octanol–water partition coefficient (Wildman–Crippen LogP) is 7.66. The molecule has 0 aromatic heterocycles. The molecule has 0 saturated heterocycles. The largest absolute Gasteiger partial charge is 0.491 e.